The molecule has 0 aromatic heterocycles. The highest BCUT2D eigenvalue weighted by atomic mass is 16.7. The number of hydrogen-bond donors (Lipinski definition) is 1. The molecule has 4 nitrogen and oxygen atoms in total. The summed E-state index contributed by atoms with van der Waals surface area (Å²) in [7, 11) is -0.461. The molecule has 1 saturated heterocycles. The second kappa shape index (κ2) is 8.94. The number of benzene rings is 5. The number of nitriles is 1. The molecular formula is C38H31BN2O2. The molecule has 0 saturated carbocycles. The summed E-state index contributed by atoms with van der Waals surface area (Å²) in [6.07, 6.45) is 0. The molecular weight excluding hydrogens is 527 g/mol. The van der Waals surface area contributed by atoms with Gasteiger partial charge in [-0.2, -0.15) is 5.26 Å². The summed E-state index contributed by atoms with van der Waals surface area (Å²) in [6, 6.07) is 41.0. The minimum absolute atomic E-state index is 0.429. The first kappa shape index (κ1) is 26.0. The largest absolute Gasteiger partial charge is 0.494 e. The average molecular weight is 558 g/mol. The lowest BCUT2D eigenvalue weighted by Gasteiger charge is -2.40. The van der Waals surface area contributed by atoms with E-state index in [2.05, 4.69) is 124 Å². The first-order valence-electron chi connectivity index (χ1n) is 14.8. The Morgan fingerprint density at radius 3 is 1.74 bits per heavy atom. The van der Waals surface area contributed by atoms with Crippen LogP contribution in [-0.2, 0) is 14.7 Å². The molecule has 208 valence electrons. The molecule has 1 spiro atoms. The first-order valence-corrected chi connectivity index (χ1v) is 14.8. The average Bonchev–Trinajstić information content (AvgIpc) is 3.43. The summed E-state index contributed by atoms with van der Waals surface area (Å²) in [5, 5.41) is 13.1. The summed E-state index contributed by atoms with van der Waals surface area (Å²) in [5.74, 6) is 0. The maximum absolute atomic E-state index is 9.36. The zero-order chi connectivity index (χ0) is 29.6. The molecule has 0 bridgehead atoms. The quantitative estimate of drug-likeness (QED) is 0.219. The van der Waals surface area contributed by atoms with Gasteiger partial charge in [0.1, 0.15) is 0 Å². The van der Waals surface area contributed by atoms with E-state index in [-0.39, 0.29) is 0 Å². The topological polar surface area (TPSA) is 54.3 Å². The molecule has 1 fully saturated rings. The highest BCUT2D eigenvalue weighted by Gasteiger charge is 2.54. The monoisotopic (exact) mass is 558 g/mol. The molecule has 0 radical (unpaired) electrons. The van der Waals surface area contributed by atoms with Crippen molar-refractivity contribution in [2.45, 2.75) is 44.3 Å². The van der Waals surface area contributed by atoms with Gasteiger partial charge >= 0.3 is 7.12 Å². The van der Waals surface area contributed by atoms with Crippen molar-refractivity contribution >= 4 is 24.0 Å². The van der Waals surface area contributed by atoms with Crippen LogP contribution in [0.2, 0.25) is 0 Å². The van der Waals surface area contributed by atoms with E-state index in [1.54, 1.807) is 0 Å². The van der Waals surface area contributed by atoms with Gasteiger partial charge in [0, 0.05) is 11.4 Å². The van der Waals surface area contributed by atoms with Gasteiger partial charge in [0.15, 0.2) is 0 Å². The predicted molar refractivity (Wildman–Crippen MR) is 173 cm³/mol. The number of rotatable bonds is 2. The minimum Gasteiger partial charge on any atom is -0.399 e. The van der Waals surface area contributed by atoms with Gasteiger partial charge in [-0.1, -0.05) is 78.9 Å². The molecule has 0 amide bonds. The van der Waals surface area contributed by atoms with Crippen LogP contribution in [0.5, 0.6) is 0 Å². The summed E-state index contributed by atoms with van der Waals surface area (Å²) >= 11 is 0. The second-order valence-electron chi connectivity index (χ2n) is 12.8. The van der Waals surface area contributed by atoms with Crippen molar-refractivity contribution < 1.29 is 9.31 Å². The molecule has 5 aromatic carbocycles. The van der Waals surface area contributed by atoms with Gasteiger partial charge in [0.2, 0.25) is 0 Å². The Morgan fingerprint density at radius 1 is 0.605 bits per heavy atom. The summed E-state index contributed by atoms with van der Waals surface area (Å²) in [4.78, 5) is 0. The third-order valence-corrected chi connectivity index (χ3v) is 9.97. The van der Waals surface area contributed by atoms with E-state index < -0.39 is 23.7 Å². The van der Waals surface area contributed by atoms with E-state index in [0.717, 1.165) is 28.0 Å². The number of hydrogen-bond acceptors (Lipinski definition) is 4. The van der Waals surface area contributed by atoms with E-state index in [0.29, 0.717) is 5.56 Å². The molecule has 1 aliphatic carbocycles. The van der Waals surface area contributed by atoms with Crippen molar-refractivity contribution in [2.24, 2.45) is 0 Å². The van der Waals surface area contributed by atoms with E-state index >= 15 is 0 Å². The maximum Gasteiger partial charge on any atom is 0.494 e. The van der Waals surface area contributed by atoms with E-state index in [9.17, 15) is 5.26 Å². The smallest absolute Gasteiger partial charge is 0.399 e. The van der Waals surface area contributed by atoms with Gasteiger partial charge in [-0.05, 0) is 108 Å². The van der Waals surface area contributed by atoms with Crippen molar-refractivity contribution in [3.63, 3.8) is 0 Å². The standard InChI is InChI=1S/C38H31BN2O2/c1-36(2)37(3,4)43-39(42-36)27-18-20-29-28-19-17-26(25-15-13-24(23-40)14-16-25)21-32(28)38(33(29)22-27)30-9-5-7-11-34(30)41-35-12-8-6-10-31(35)38/h5-22,41H,1-4H3. The third-order valence-electron chi connectivity index (χ3n) is 9.97. The molecule has 0 unspecified atom stereocenters. The third kappa shape index (κ3) is 3.58. The molecule has 1 N–H and O–H groups in total. The van der Waals surface area contributed by atoms with Gasteiger partial charge in [0.05, 0.1) is 28.2 Å². The van der Waals surface area contributed by atoms with Crippen molar-refractivity contribution in [3.8, 4) is 28.3 Å². The van der Waals surface area contributed by atoms with E-state index in [1.807, 2.05) is 24.3 Å². The Bertz CT molecular complexity index is 1930. The zero-order valence-corrected chi connectivity index (χ0v) is 24.7. The Balaban J connectivity index is 1.41. The molecule has 2 aliphatic heterocycles. The highest BCUT2D eigenvalue weighted by Crippen LogP contribution is 2.61. The normalized spacial score (nSPS) is 17.8. The van der Waals surface area contributed by atoms with Crippen LogP contribution in [0.4, 0.5) is 11.4 Å². The first-order chi connectivity index (χ1) is 20.7. The zero-order valence-electron chi connectivity index (χ0n) is 24.7. The summed E-state index contributed by atoms with van der Waals surface area (Å²) in [5.41, 5.74) is 12.0. The predicted octanol–water partition coefficient (Wildman–Crippen LogP) is 7.94. The highest BCUT2D eigenvalue weighted by molar-refractivity contribution is 6.62. The number of nitrogens with one attached hydrogen (secondary N) is 1. The van der Waals surface area contributed by atoms with Crippen LogP contribution >= 0.6 is 0 Å². The van der Waals surface area contributed by atoms with E-state index in [1.165, 1.54) is 33.4 Å². The van der Waals surface area contributed by atoms with Gasteiger partial charge in [-0.15, -0.1) is 0 Å². The minimum atomic E-state index is -0.550. The molecule has 0 atom stereocenters. The molecule has 3 aliphatic rings. The van der Waals surface area contributed by atoms with Crippen molar-refractivity contribution in [1.29, 1.82) is 5.26 Å². The molecule has 5 aromatic rings. The fourth-order valence-electron chi connectivity index (χ4n) is 7.09. The Hall–Kier alpha value is -4.63. The van der Waals surface area contributed by atoms with Crippen LogP contribution in [0, 0.1) is 11.3 Å². The van der Waals surface area contributed by atoms with Crippen LogP contribution in [0.1, 0.15) is 55.5 Å². The van der Waals surface area contributed by atoms with Gasteiger partial charge in [0.25, 0.3) is 0 Å². The number of para-hydroxylation sites is 2. The van der Waals surface area contributed by atoms with Gasteiger partial charge in [-0.25, -0.2) is 0 Å². The number of fused-ring (bicyclic) bond motifs is 9. The van der Waals surface area contributed by atoms with Crippen LogP contribution in [-0.4, -0.2) is 18.3 Å². The lowest BCUT2D eigenvalue weighted by atomic mass is 9.64. The van der Waals surface area contributed by atoms with Crippen LogP contribution in [0.3, 0.4) is 0 Å². The van der Waals surface area contributed by atoms with Crippen molar-refractivity contribution in [2.75, 3.05) is 5.32 Å². The molecule has 43 heavy (non-hydrogen) atoms. The lowest BCUT2D eigenvalue weighted by Crippen LogP contribution is -2.41. The van der Waals surface area contributed by atoms with Gasteiger partial charge in [-0.3, -0.25) is 0 Å². The van der Waals surface area contributed by atoms with Crippen molar-refractivity contribution in [3.05, 3.63) is 137 Å². The SMILES string of the molecule is CC1(C)OB(c2ccc3c(c2)C2(c4ccccc4Nc4ccccc42)c2cc(-c4ccc(C#N)cc4)ccc2-3)OC1(C)C. The second-order valence-corrected chi connectivity index (χ2v) is 12.8. The Labute approximate surface area is 253 Å². The Morgan fingerprint density at radius 2 is 1.14 bits per heavy atom. The molecule has 5 heteroatoms. The Kier molecular flexibility index (Phi) is 5.41. The van der Waals surface area contributed by atoms with Gasteiger partial charge < -0.3 is 14.6 Å². The summed E-state index contributed by atoms with van der Waals surface area (Å²) in [6.45, 7) is 8.40. The van der Waals surface area contributed by atoms with Crippen LogP contribution < -0.4 is 10.8 Å². The maximum atomic E-state index is 9.36. The molecule has 8 rings (SSSR count). The van der Waals surface area contributed by atoms with Crippen LogP contribution in [0.25, 0.3) is 22.3 Å². The summed E-state index contributed by atoms with van der Waals surface area (Å²) < 4.78 is 13.1. The fourth-order valence-corrected chi connectivity index (χ4v) is 7.09. The lowest BCUT2D eigenvalue weighted by molar-refractivity contribution is 0.00578. The van der Waals surface area contributed by atoms with Crippen LogP contribution in [0.15, 0.2) is 109 Å². The number of anilines is 2. The number of nitrogens with zero attached hydrogens (tertiary/aromatic N) is 1. The van der Waals surface area contributed by atoms with E-state index in [4.69, 9.17) is 9.31 Å². The molecule has 2 heterocycles. The fraction of sp³-hybridized carbons (Fsp3) is 0.184. The van der Waals surface area contributed by atoms with Crippen molar-refractivity contribution in [1.82, 2.24) is 0 Å².